The van der Waals surface area contributed by atoms with Crippen molar-refractivity contribution in [2.24, 2.45) is 0 Å². The lowest BCUT2D eigenvalue weighted by atomic mass is 10.1. The van der Waals surface area contributed by atoms with E-state index in [1.54, 1.807) is 6.92 Å². The molecular weight excluding hydrogens is 318 g/mol. The summed E-state index contributed by atoms with van der Waals surface area (Å²) in [6, 6.07) is 9.06. The molecule has 0 N–H and O–H groups in total. The maximum absolute atomic E-state index is 12.3. The lowest BCUT2D eigenvalue weighted by Gasteiger charge is -2.17. The third-order valence-electron chi connectivity index (χ3n) is 4.40. The molecule has 0 aromatic heterocycles. The Hall–Kier alpha value is -1.88. The Labute approximate surface area is 150 Å². The molecule has 1 aliphatic rings. The number of carbonyl (C=O) groups is 2. The van der Waals surface area contributed by atoms with Gasteiger partial charge in [0.1, 0.15) is 12.1 Å². The summed E-state index contributed by atoms with van der Waals surface area (Å²) in [6.07, 6.45) is 4.84. The van der Waals surface area contributed by atoms with Gasteiger partial charge in [-0.15, -0.1) is 0 Å². The summed E-state index contributed by atoms with van der Waals surface area (Å²) in [6.45, 7) is 5.30. The van der Waals surface area contributed by atoms with Crippen molar-refractivity contribution >= 4 is 11.9 Å². The van der Waals surface area contributed by atoms with Crippen LogP contribution >= 0.6 is 0 Å². The van der Waals surface area contributed by atoms with Crippen LogP contribution in [0.25, 0.3) is 0 Å². The second kappa shape index (κ2) is 10.2. The van der Waals surface area contributed by atoms with E-state index >= 15 is 0 Å². The van der Waals surface area contributed by atoms with Gasteiger partial charge in [-0.3, -0.25) is 14.5 Å². The third kappa shape index (κ3) is 6.16. The van der Waals surface area contributed by atoms with Crippen LogP contribution < -0.4 is 0 Å². The fourth-order valence-electron chi connectivity index (χ4n) is 2.92. The average molecular weight is 347 g/mol. The predicted molar refractivity (Wildman–Crippen MR) is 96.2 cm³/mol. The fraction of sp³-hybridized carbons (Fsp3) is 0.600. The summed E-state index contributed by atoms with van der Waals surface area (Å²) in [5, 5.41) is 0. The largest absolute Gasteiger partial charge is 0.465 e. The maximum Gasteiger partial charge on any atom is 0.324 e. The van der Waals surface area contributed by atoms with Crippen LogP contribution in [-0.2, 0) is 25.5 Å². The van der Waals surface area contributed by atoms with E-state index in [2.05, 4.69) is 6.92 Å². The van der Waals surface area contributed by atoms with Crippen LogP contribution in [0, 0.1) is 0 Å². The van der Waals surface area contributed by atoms with Crippen molar-refractivity contribution in [2.45, 2.75) is 58.0 Å². The van der Waals surface area contributed by atoms with Crippen LogP contribution in [0.1, 0.15) is 45.1 Å². The molecule has 1 unspecified atom stereocenters. The van der Waals surface area contributed by atoms with Gasteiger partial charge in [-0.2, -0.15) is 0 Å². The van der Waals surface area contributed by atoms with E-state index < -0.39 is 6.04 Å². The summed E-state index contributed by atoms with van der Waals surface area (Å²) in [5.74, 6) is -0.497. The van der Waals surface area contributed by atoms with Crippen LogP contribution in [0.4, 0.5) is 0 Å². The molecule has 5 heteroatoms. The molecule has 5 nitrogen and oxygen atoms in total. The Morgan fingerprint density at radius 3 is 2.56 bits per heavy atom. The first-order valence-electron chi connectivity index (χ1n) is 9.30. The number of hydrogen-bond acceptors (Lipinski definition) is 5. The number of ether oxygens (including phenoxy) is 2. The van der Waals surface area contributed by atoms with Gasteiger partial charge in [0.05, 0.1) is 13.2 Å². The average Bonchev–Trinajstić information content (AvgIpc) is 3.41. The van der Waals surface area contributed by atoms with Crippen LogP contribution in [0.15, 0.2) is 30.3 Å². The SMILES string of the molecule is CCCCCCOC(=O)[C@H]1CN1[C@H](Cc1ccccc1)C(=O)OCC. The van der Waals surface area contributed by atoms with Crippen molar-refractivity contribution in [3.8, 4) is 0 Å². The molecule has 1 fully saturated rings. The van der Waals surface area contributed by atoms with Gasteiger partial charge < -0.3 is 9.47 Å². The molecule has 1 aromatic carbocycles. The van der Waals surface area contributed by atoms with Crippen molar-refractivity contribution in [2.75, 3.05) is 19.8 Å². The van der Waals surface area contributed by atoms with Gasteiger partial charge in [0.25, 0.3) is 0 Å². The van der Waals surface area contributed by atoms with Crippen LogP contribution in [0.2, 0.25) is 0 Å². The Morgan fingerprint density at radius 2 is 1.88 bits per heavy atom. The minimum absolute atomic E-state index is 0.223. The minimum atomic E-state index is -0.431. The highest BCUT2D eigenvalue weighted by atomic mass is 16.5. The Morgan fingerprint density at radius 1 is 1.12 bits per heavy atom. The smallest absolute Gasteiger partial charge is 0.324 e. The summed E-state index contributed by atoms with van der Waals surface area (Å²) < 4.78 is 10.5. The highest BCUT2D eigenvalue weighted by molar-refractivity contribution is 5.83. The number of rotatable bonds is 11. The molecule has 138 valence electrons. The van der Waals surface area contributed by atoms with Crippen molar-refractivity contribution < 1.29 is 19.1 Å². The predicted octanol–water partition coefficient (Wildman–Crippen LogP) is 2.97. The first-order chi connectivity index (χ1) is 12.2. The molecule has 0 aliphatic carbocycles. The van der Waals surface area contributed by atoms with Gasteiger partial charge in [-0.05, 0) is 25.3 Å². The van der Waals surface area contributed by atoms with Crippen molar-refractivity contribution in [3.63, 3.8) is 0 Å². The zero-order valence-electron chi connectivity index (χ0n) is 15.3. The maximum atomic E-state index is 12.3. The van der Waals surface area contributed by atoms with Crippen molar-refractivity contribution in [3.05, 3.63) is 35.9 Å². The molecule has 0 amide bonds. The lowest BCUT2D eigenvalue weighted by Crippen LogP contribution is -2.36. The van der Waals surface area contributed by atoms with Gasteiger partial charge in [-0.1, -0.05) is 56.5 Å². The standard InChI is InChI=1S/C20H29NO4/c1-3-5-6-10-13-25-20(23)18-15-21(18)17(19(22)24-4-2)14-16-11-8-7-9-12-16/h7-9,11-12,17-18H,3-6,10,13-15H2,1-2H3/t17-,18-,21?/m1/s1. The Balaban J connectivity index is 1.86. The number of esters is 2. The van der Waals surface area contributed by atoms with Gasteiger partial charge in [0.2, 0.25) is 0 Å². The normalized spacial score (nSPS) is 19.9. The molecule has 0 saturated carbocycles. The van der Waals surface area contributed by atoms with E-state index in [1.807, 2.05) is 35.2 Å². The molecule has 2 rings (SSSR count). The third-order valence-corrected chi connectivity index (χ3v) is 4.40. The molecular formula is C20H29NO4. The molecule has 0 spiro atoms. The van der Waals surface area contributed by atoms with Crippen molar-refractivity contribution in [1.29, 1.82) is 0 Å². The Bertz CT molecular complexity index is 546. The van der Waals surface area contributed by atoms with E-state index in [0.717, 1.165) is 31.2 Å². The molecule has 0 radical (unpaired) electrons. The quantitative estimate of drug-likeness (QED) is 0.350. The number of unbranched alkanes of at least 4 members (excludes halogenated alkanes) is 3. The minimum Gasteiger partial charge on any atom is -0.465 e. The molecule has 1 aliphatic heterocycles. The van der Waals surface area contributed by atoms with E-state index in [1.165, 1.54) is 0 Å². The Kier molecular flexibility index (Phi) is 7.92. The van der Waals surface area contributed by atoms with Crippen molar-refractivity contribution in [1.82, 2.24) is 4.90 Å². The van der Waals surface area contributed by atoms with E-state index in [9.17, 15) is 9.59 Å². The zero-order valence-corrected chi connectivity index (χ0v) is 15.3. The van der Waals surface area contributed by atoms with Gasteiger partial charge in [0, 0.05) is 6.54 Å². The molecule has 0 bridgehead atoms. The first-order valence-corrected chi connectivity index (χ1v) is 9.30. The first kappa shape index (κ1) is 19.4. The monoisotopic (exact) mass is 347 g/mol. The van der Waals surface area contributed by atoms with Crippen LogP contribution in [0.3, 0.4) is 0 Å². The topological polar surface area (TPSA) is 55.6 Å². The second-order valence-electron chi connectivity index (χ2n) is 6.40. The molecule has 1 heterocycles. The number of benzene rings is 1. The summed E-state index contributed by atoms with van der Waals surface area (Å²) in [4.78, 5) is 26.4. The van der Waals surface area contributed by atoms with Crippen LogP contribution in [-0.4, -0.2) is 48.7 Å². The molecule has 1 saturated heterocycles. The van der Waals surface area contributed by atoms with Gasteiger partial charge in [0.15, 0.2) is 0 Å². The molecule has 1 aromatic rings. The van der Waals surface area contributed by atoms with Gasteiger partial charge in [-0.25, -0.2) is 0 Å². The fourth-order valence-corrected chi connectivity index (χ4v) is 2.92. The molecule has 3 atom stereocenters. The van der Waals surface area contributed by atoms with E-state index in [-0.39, 0.29) is 18.0 Å². The van der Waals surface area contributed by atoms with Gasteiger partial charge >= 0.3 is 11.9 Å². The van der Waals surface area contributed by atoms with E-state index in [0.29, 0.717) is 26.2 Å². The van der Waals surface area contributed by atoms with E-state index in [4.69, 9.17) is 9.47 Å². The summed E-state index contributed by atoms with van der Waals surface area (Å²) >= 11 is 0. The molecule has 25 heavy (non-hydrogen) atoms. The second-order valence-corrected chi connectivity index (χ2v) is 6.40. The summed E-state index contributed by atoms with van der Waals surface area (Å²) in [5.41, 5.74) is 1.05. The number of carbonyl (C=O) groups excluding carboxylic acids is 2. The zero-order chi connectivity index (χ0) is 18.1. The lowest BCUT2D eigenvalue weighted by molar-refractivity contribution is -0.149. The number of hydrogen-bond donors (Lipinski definition) is 0. The summed E-state index contributed by atoms with van der Waals surface area (Å²) in [7, 11) is 0. The van der Waals surface area contributed by atoms with Crippen LogP contribution in [0.5, 0.6) is 0 Å². The highest BCUT2D eigenvalue weighted by Gasteiger charge is 2.48. The highest BCUT2D eigenvalue weighted by Crippen LogP contribution is 2.26. The number of nitrogens with zero attached hydrogens (tertiary/aromatic N) is 1.